The van der Waals surface area contributed by atoms with Crippen molar-refractivity contribution in [2.75, 3.05) is 19.6 Å². The number of fused-ring (bicyclic) bond motifs is 2. The van der Waals surface area contributed by atoms with Gasteiger partial charge in [0.1, 0.15) is 0 Å². The van der Waals surface area contributed by atoms with Crippen LogP contribution in [0.25, 0.3) is 0 Å². The maximum atomic E-state index is 12.3. The van der Waals surface area contributed by atoms with Crippen LogP contribution in [0.2, 0.25) is 0 Å². The Balaban J connectivity index is 1.70. The Kier molecular flexibility index (Phi) is 2.69. The van der Waals surface area contributed by atoms with E-state index in [4.69, 9.17) is 0 Å². The zero-order valence-corrected chi connectivity index (χ0v) is 11.4. The SMILES string of the molecule is O=C1CCC(=O)N2CC3CCCN4CCCC(C34)C12. The summed E-state index contributed by atoms with van der Waals surface area (Å²) in [6.07, 6.45) is 5.76. The van der Waals surface area contributed by atoms with E-state index < -0.39 is 0 Å². The smallest absolute Gasteiger partial charge is 0.223 e. The third-order valence-electron chi connectivity index (χ3n) is 5.75. The van der Waals surface area contributed by atoms with Gasteiger partial charge in [0.05, 0.1) is 6.04 Å². The molecule has 0 spiro atoms. The number of carbonyl (C=O) groups excluding carboxylic acids is 2. The fourth-order valence-corrected chi connectivity index (χ4v) is 5.09. The zero-order valence-electron chi connectivity index (χ0n) is 11.4. The first-order valence-electron chi connectivity index (χ1n) is 7.82. The number of piperidine rings is 4. The van der Waals surface area contributed by atoms with E-state index >= 15 is 0 Å². The lowest BCUT2D eigenvalue weighted by Crippen LogP contribution is -2.68. The first kappa shape index (κ1) is 11.9. The van der Waals surface area contributed by atoms with Crippen LogP contribution < -0.4 is 0 Å². The highest BCUT2D eigenvalue weighted by atomic mass is 16.2. The van der Waals surface area contributed by atoms with Crippen LogP contribution in [0.4, 0.5) is 0 Å². The average molecular weight is 262 g/mol. The number of hydrogen-bond donors (Lipinski definition) is 0. The summed E-state index contributed by atoms with van der Waals surface area (Å²) in [5, 5.41) is 0. The summed E-state index contributed by atoms with van der Waals surface area (Å²) in [6, 6.07) is 0.502. The van der Waals surface area contributed by atoms with E-state index in [0.717, 1.165) is 13.0 Å². The molecule has 0 aromatic heterocycles. The molecule has 0 radical (unpaired) electrons. The molecule has 1 amide bonds. The lowest BCUT2D eigenvalue weighted by atomic mass is 9.68. The standard InChI is InChI=1S/C15H22N2O2/c18-12-5-6-13(19)17-9-10-3-1-7-16-8-2-4-11(14(10)16)15(12)17/h10-11,14-15H,1-9H2. The molecule has 4 aliphatic rings. The first-order valence-corrected chi connectivity index (χ1v) is 7.82. The van der Waals surface area contributed by atoms with Crippen LogP contribution in [-0.4, -0.2) is 53.2 Å². The quantitative estimate of drug-likeness (QED) is 0.655. The van der Waals surface area contributed by atoms with Crippen LogP contribution in [0.5, 0.6) is 0 Å². The monoisotopic (exact) mass is 262 g/mol. The summed E-state index contributed by atoms with van der Waals surface area (Å²) in [7, 11) is 0. The van der Waals surface area contributed by atoms with Gasteiger partial charge in [-0.05, 0) is 44.7 Å². The maximum Gasteiger partial charge on any atom is 0.223 e. The second-order valence-electron chi connectivity index (χ2n) is 6.69. The van der Waals surface area contributed by atoms with Gasteiger partial charge in [-0.3, -0.25) is 14.5 Å². The molecule has 0 bridgehead atoms. The number of carbonyl (C=O) groups is 2. The number of nitrogens with zero attached hydrogens (tertiary/aromatic N) is 2. The molecule has 0 saturated carbocycles. The highest BCUT2D eigenvalue weighted by Crippen LogP contribution is 2.43. The molecule has 4 fully saturated rings. The summed E-state index contributed by atoms with van der Waals surface area (Å²) >= 11 is 0. The zero-order chi connectivity index (χ0) is 13.0. The van der Waals surface area contributed by atoms with Crippen molar-refractivity contribution in [1.29, 1.82) is 0 Å². The summed E-state index contributed by atoms with van der Waals surface area (Å²) < 4.78 is 0. The first-order chi connectivity index (χ1) is 9.25. The van der Waals surface area contributed by atoms with Crippen molar-refractivity contribution in [2.24, 2.45) is 11.8 Å². The van der Waals surface area contributed by atoms with Gasteiger partial charge in [0, 0.05) is 31.3 Å². The summed E-state index contributed by atoms with van der Waals surface area (Å²) in [5.74, 6) is 1.59. The van der Waals surface area contributed by atoms with Crippen molar-refractivity contribution < 1.29 is 9.59 Å². The van der Waals surface area contributed by atoms with Gasteiger partial charge in [-0.25, -0.2) is 0 Å². The third kappa shape index (κ3) is 1.69. The molecule has 0 aromatic carbocycles. The van der Waals surface area contributed by atoms with E-state index in [-0.39, 0.29) is 11.9 Å². The largest absolute Gasteiger partial charge is 0.332 e. The third-order valence-corrected chi connectivity index (χ3v) is 5.75. The van der Waals surface area contributed by atoms with Crippen LogP contribution in [-0.2, 0) is 9.59 Å². The molecular formula is C15H22N2O2. The molecule has 4 heterocycles. The van der Waals surface area contributed by atoms with Crippen molar-refractivity contribution in [3.63, 3.8) is 0 Å². The molecular weight excluding hydrogens is 240 g/mol. The molecule has 4 nitrogen and oxygen atoms in total. The molecule has 4 atom stereocenters. The van der Waals surface area contributed by atoms with Crippen LogP contribution in [0, 0.1) is 11.8 Å². The molecule has 4 aliphatic heterocycles. The van der Waals surface area contributed by atoms with Gasteiger partial charge in [-0.15, -0.1) is 0 Å². The lowest BCUT2D eigenvalue weighted by Gasteiger charge is -2.57. The maximum absolute atomic E-state index is 12.3. The van der Waals surface area contributed by atoms with Gasteiger partial charge < -0.3 is 4.90 Å². The van der Waals surface area contributed by atoms with Crippen molar-refractivity contribution in [3.8, 4) is 0 Å². The molecule has 19 heavy (non-hydrogen) atoms. The number of amides is 1. The average Bonchev–Trinajstić information content (AvgIpc) is 2.43. The molecule has 4 saturated heterocycles. The van der Waals surface area contributed by atoms with E-state index in [9.17, 15) is 9.59 Å². The molecule has 0 N–H and O–H groups in total. The van der Waals surface area contributed by atoms with Crippen molar-refractivity contribution >= 4 is 11.7 Å². The Morgan fingerprint density at radius 3 is 2.63 bits per heavy atom. The fraction of sp³-hybridized carbons (Fsp3) is 0.867. The van der Waals surface area contributed by atoms with E-state index in [2.05, 4.69) is 4.90 Å². The highest BCUT2D eigenvalue weighted by molar-refractivity contribution is 5.95. The predicted molar refractivity (Wildman–Crippen MR) is 70.6 cm³/mol. The second kappa shape index (κ2) is 4.30. The molecule has 0 aromatic rings. The lowest BCUT2D eigenvalue weighted by molar-refractivity contribution is -0.159. The molecule has 0 aliphatic carbocycles. The summed E-state index contributed by atoms with van der Waals surface area (Å²) in [6.45, 7) is 3.24. The molecule has 4 unspecified atom stereocenters. The Morgan fingerprint density at radius 1 is 1.00 bits per heavy atom. The normalized spacial score (nSPS) is 42.8. The van der Waals surface area contributed by atoms with Gasteiger partial charge in [-0.1, -0.05) is 0 Å². The minimum absolute atomic E-state index is 0.0802. The Morgan fingerprint density at radius 2 is 1.79 bits per heavy atom. The van der Waals surface area contributed by atoms with E-state index in [1.54, 1.807) is 0 Å². The molecule has 4 heteroatoms. The van der Waals surface area contributed by atoms with Gasteiger partial charge in [0.2, 0.25) is 5.91 Å². The summed E-state index contributed by atoms with van der Waals surface area (Å²) in [4.78, 5) is 29.1. The van der Waals surface area contributed by atoms with E-state index in [1.165, 1.54) is 32.4 Å². The van der Waals surface area contributed by atoms with E-state index in [1.807, 2.05) is 4.90 Å². The van der Waals surface area contributed by atoms with Crippen molar-refractivity contribution in [3.05, 3.63) is 0 Å². The van der Waals surface area contributed by atoms with Gasteiger partial charge in [0.25, 0.3) is 0 Å². The molecule has 4 rings (SSSR count). The number of ketones is 1. The minimum Gasteiger partial charge on any atom is -0.332 e. The fourth-order valence-electron chi connectivity index (χ4n) is 5.09. The van der Waals surface area contributed by atoms with Crippen LogP contribution >= 0.6 is 0 Å². The Bertz CT molecular complexity index is 420. The predicted octanol–water partition coefficient (Wildman–Crippen LogP) is 1.05. The van der Waals surface area contributed by atoms with Crippen molar-refractivity contribution in [1.82, 2.24) is 9.80 Å². The summed E-state index contributed by atoms with van der Waals surface area (Å²) in [5.41, 5.74) is 0. The van der Waals surface area contributed by atoms with Gasteiger partial charge in [0.15, 0.2) is 5.78 Å². The number of hydrogen-bond acceptors (Lipinski definition) is 3. The molecule has 104 valence electrons. The minimum atomic E-state index is -0.0802. The Hall–Kier alpha value is -0.900. The van der Waals surface area contributed by atoms with Crippen LogP contribution in [0.3, 0.4) is 0 Å². The van der Waals surface area contributed by atoms with Crippen LogP contribution in [0.15, 0.2) is 0 Å². The Labute approximate surface area is 114 Å². The number of Topliss-reactive ketones (excluding diaryl/α,β-unsaturated/α-hetero) is 1. The second-order valence-corrected chi connectivity index (χ2v) is 6.69. The van der Waals surface area contributed by atoms with Gasteiger partial charge >= 0.3 is 0 Å². The van der Waals surface area contributed by atoms with Crippen molar-refractivity contribution in [2.45, 2.75) is 50.6 Å². The topological polar surface area (TPSA) is 40.6 Å². The van der Waals surface area contributed by atoms with E-state index in [0.29, 0.717) is 36.5 Å². The number of rotatable bonds is 0. The highest BCUT2D eigenvalue weighted by Gasteiger charge is 2.52. The van der Waals surface area contributed by atoms with Gasteiger partial charge in [-0.2, -0.15) is 0 Å². The van der Waals surface area contributed by atoms with Crippen LogP contribution in [0.1, 0.15) is 38.5 Å².